The van der Waals surface area contributed by atoms with E-state index in [4.69, 9.17) is 9.15 Å². The zero-order valence-electron chi connectivity index (χ0n) is 16.0. The zero-order valence-corrected chi connectivity index (χ0v) is 16.0. The third kappa shape index (κ3) is 6.04. The second-order valence-corrected chi connectivity index (χ2v) is 6.52. The normalized spacial score (nSPS) is 11.2. The Balaban J connectivity index is 1.60. The summed E-state index contributed by atoms with van der Waals surface area (Å²) in [5.74, 6) is 1.44. The number of furan rings is 1. The van der Waals surface area contributed by atoms with Crippen molar-refractivity contribution in [3.63, 3.8) is 0 Å². The number of allylic oxidation sites excluding steroid dienone is 1. The highest BCUT2D eigenvalue weighted by atomic mass is 19.3. The van der Waals surface area contributed by atoms with Gasteiger partial charge in [0.15, 0.2) is 5.78 Å². The van der Waals surface area contributed by atoms with E-state index in [2.05, 4.69) is 10.8 Å². The lowest BCUT2D eigenvalue weighted by molar-refractivity contribution is -0.0498. The Morgan fingerprint density at radius 2 is 1.79 bits per heavy atom. The number of hydrogen-bond acceptors (Lipinski definition) is 4. The van der Waals surface area contributed by atoms with Crippen molar-refractivity contribution >= 4 is 11.9 Å². The first-order valence-corrected chi connectivity index (χ1v) is 8.96. The molecule has 0 bridgehead atoms. The van der Waals surface area contributed by atoms with Crippen LogP contribution in [0.4, 0.5) is 8.78 Å². The number of benzene rings is 2. The van der Waals surface area contributed by atoms with E-state index in [1.807, 2.05) is 26.0 Å². The molecule has 4 nitrogen and oxygen atoms in total. The summed E-state index contributed by atoms with van der Waals surface area (Å²) in [5.41, 5.74) is 2.47. The van der Waals surface area contributed by atoms with E-state index < -0.39 is 6.61 Å². The quantitative estimate of drug-likeness (QED) is 0.346. The van der Waals surface area contributed by atoms with E-state index >= 15 is 0 Å². The van der Waals surface area contributed by atoms with Gasteiger partial charge in [-0.05, 0) is 73.5 Å². The minimum absolute atomic E-state index is 0.0666. The molecule has 3 aromatic rings. The van der Waals surface area contributed by atoms with Crippen LogP contribution in [0.2, 0.25) is 0 Å². The lowest BCUT2D eigenvalue weighted by Crippen LogP contribution is -2.03. The van der Waals surface area contributed by atoms with Crippen molar-refractivity contribution in [3.8, 4) is 11.5 Å². The van der Waals surface area contributed by atoms with Crippen LogP contribution in [-0.2, 0) is 6.61 Å². The molecule has 1 aromatic heterocycles. The van der Waals surface area contributed by atoms with Crippen LogP contribution in [0.1, 0.15) is 33.0 Å². The van der Waals surface area contributed by atoms with Gasteiger partial charge in [0.1, 0.15) is 29.6 Å². The van der Waals surface area contributed by atoms with Crippen molar-refractivity contribution in [1.82, 2.24) is 0 Å². The molecule has 29 heavy (non-hydrogen) atoms. The summed E-state index contributed by atoms with van der Waals surface area (Å²) in [4.78, 5) is 12.2. The Morgan fingerprint density at radius 3 is 2.52 bits per heavy atom. The number of ketones is 1. The van der Waals surface area contributed by atoms with Crippen LogP contribution in [0, 0.1) is 13.8 Å². The van der Waals surface area contributed by atoms with E-state index in [-0.39, 0.29) is 23.7 Å². The molecule has 1 heterocycles. The van der Waals surface area contributed by atoms with Crippen molar-refractivity contribution in [1.29, 1.82) is 0 Å². The summed E-state index contributed by atoms with van der Waals surface area (Å²) >= 11 is 0. The molecule has 0 aliphatic carbocycles. The number of ether oxygens (including phenoxy) is 2. The molecule has 2 aromatic carbocycles. The smallest absolute Gasteiger partial charge is 0.387 e. The van der Waals surface area contributed by atoms with Crippen molar-refractivity contribution in [2.45, 2.75) is 27.1 Å². The first-order chi connectivity index (χ1) is 13.9. The minimum Gasteiger partial charge on any atom is -0.486 e. The van der Waals surface area contributed by atoms with Gasteiger partial charge in [-0.3, -0.25) is 4.79 Å². The van der Waals surface area contributed by atoms with Gasteiger partial charge in [-0.15, -0.1) is 0 Å². The monoisotopic (exact) mass is 398 g/mol. The van der Waals surface area contributed by atoms with Crippen LogP contribution in [0.15, 0.2) is 65.1 Å². The van der Waals surface area contributed by atoms with Gasteiger partial charge in [0.2, 0.25) is 0 Å². The summed E-state index contributed by atoms with van der Waals surface area (Å²) in [6, 6.07) is 15.1. The van der Waals surface area contributed by atoms with Gasteiger partial charge in [0.05, 0.1) is 0 Å². The average molecular weight is 398 g/mol. The summed E-state index contributed by atoms with van der Waals surface area (Å²) in [7, 11) is 0. The Labute approximate surface area is 167 Å². The van der Waals surface area contributed by atoms with E-state index in [1.54, 1.807) is 12.1 Å². The van der Waals surface area contributed by atoms with Gasteiger partial charge in [0.25, 0.3) is 0 Å². The summed E-state index contributed by atoms with van der Waals surface area (Å²) in [6.45, 7) is 1.32. The van der Waals surface area contributed by atoms with Crippen molar-refractivity contribution in [3.05, 3.63) is 88.9 Å². The fourth-order valence-electron chi connectivity index (χ4n) is 2.81. The van der Waals surface area contributed by atoms with Crippen LogP contribution in [-0.4, -0.2) is 12.4 Å². The number of carbonyl (C=O) groups excluding carboxylic acids is 1. The molecule has 0 aliphatic heterocycles. The van der Waals surface area contributed by atoms with E-state index in [1.165, 1.54) is 36.4 Å². The molecule has 0 amide bonds. The molecule has 0 fully saturated rings. The molecule has 0 saturated heterocycles. The summed E-state index contributed by atoms with van der Waals surface area (Å²) < 4.78 is 40.3. The molecule has 3 rings (SSSR count). The highest BCUT2D eigenvalue weighted by Crippen LogP contribution is 2.20. The van der Waals surface area contributed by atoms with Crippen molar-refractivity contribution in [2.75, 3.05) is 0 Å². The molecular weight excluding hydrogens is 378 g/mol. The molecule has 0 saturated carbocycles. The standard InChI is InChI=1S/C23H20F2O4/c1-15-10-16(2)12-21(11-15)27-14-20-7-6-18(28-20)8-9-22(26)17-4-3-5-19(13-17)29-23(24)25/h3-13,23H,14H2,1-2H3/b9-8+. The molecule has 0 N–H and O–H groups in total. The van der Waals surface area contributed by atoms with E-state index in [9.17, 15) is 13.6 Å². The minimum atomic E-state index is -2.94. The zero-order chi connectivity index (χ0) is 20.8. The van der Waals surface area contributed by atoms with Gasteiger partial charge in [-0.1, -0.05) is 18.2 Å². The first kappa shape index (κ1) is 20.3. The van der Waals surface area contributed by atoms with Gasteiger partial charge in [-0.2, -0.15) is 8.78 Å². The van der Waals surface area contributed by atoms with Crippen LogP contribution >= 0.6 is 0 Å². The molecule has 0 aliphatic rings. The van der Waals surface area contributed by atoms with Crippen LogP contribution in [0.5, 0.6) is 11.5 Å². The molecule has 0 atom stereocenters. The number of carbonyl (C=O) groups is 1. The molecule has 0 unspecified atom stereocenters. The van der Waals surface area contributed by atoms with Gasteiger partial charge < -0.3 is 13.9 Å². The number of aryl methyl sites for hydroxylation is 2. The molecule has 0 spiro atoms. The largest absolute Gasteiger partial charge is 0.486 e. The maximum atomic E-state index is 12.3. The van der Waals surface area contributed by atoms with Crippen molar-refractivity contribution < 1.29 is 27.5 Å². The molecule has 0 radical (unpaired) electrons. The molecule has 6 heteroatoms. The maximum absolute atomic E-state index is 12.3. The van der Waals surface area contributed by atoms with Crippen LogP contribution < -0.4 is 9.47 Å². The Morgan fingerprint density at radius 1 is 1.03 bits per heavy atom. The van der Waals surface area contributed by atoms with Crippen LogP contribution in [0.3, 0.4) is 0 Å². The van der Waals surface area contributed by atoms with E-state index in [0.29, 0.717) is 11.5 Å². The molecule has 150 valence electrons. The van der Waals surface area contributed by atoms with Gasteiger partial charge in [-0.25, -0.2) is 0 Å². The SMILES string of the molecule is Cc1cc(C)cc(OCc2ccc(/C=C/C(=O)c3cccc(OC(F)F)c3)o2)c1. The number of rotatable bonds is 8. The Bertz CT molecular complexity index is 1000. The average Bonchev–Trinajstić information content (AvgIpc) is 3.11. The predicted molar refractivity (Wildman–Crippen MR) is 105 cm³/mol. The topological polar surface area (TPSA) is 48.7 Å². The van der Waals surface area contributed by atoms with Gasteiger partial charge >= 0.3 is 6.61 Å². The number of alkyl halides is 2. The predicted octanol–water partition coefficient (Wildman–Crippen LogP) is 5.97. The van der Waals surface area contributed by atoms with Crippen LogP contribution in [0.25, 0.3) is 6.08 Å². The second-order valence-electron chi connectivity index (χ2n) is 6.52. The fraction of sp³-hybridized carbons (Fsp3) is 0.174. The van der Waals surface area contributed by atoms with E-state index in [0.717, 1.165) is 16.9 Å². The number of hydrogen-bond donors (Lipinski definition) is 0. The number of halogens is 2. The highest BCUT2D eigenvalue weighted by molar-refractivity contribution is 6.06. The highest BCUT2D eigenvalue weighted by Gasteiger charge is 2.08. The lowest BCUT2D eigenvalue weighted by Gasteiger charge is -2.06. The fourth-order valence-corrected chi connectivity index (χ4v) is 2.81. The first-order valence-electron chi connectivity index (χ1n) is 8.96. The van der Waals surface area contributed by atoms with Crippen molar-refractivity contribution in [2.24, 2.45) is 0 Å². The summed E-state index contributed by atoms with van der Waals surface area (Å²) in [5, 5.41) is 0. The third-order valence-electron chi connectivity index (χ3n) is 4.00. The summed E-state index contributed by atoms with van der Waals surface area (Å²) in [6.07, 6.45) is 2.83. The third-order valence-corrected chi connectivity index (χ3v) is 4.00. The Kier molecular flexibility index (Phi) is 6.44. The second kappa shape index (κ2) is 9.19. The maximum Gasteiger partial charge on any atom is 0.387 e. The Hall–Kier alpha value is -3.41. The van der Waals surface area contributed by atoms with Gasteiger partial charge in [0, 0.05) is 5.56 Å². The molecular formula is C23H20F2O4. The lowest BCUT2D eigenvalue weighted by atomic mass is 10.1.